The molecule has 2 N–H and O–H groups in total. The smallest absolute Gasteiger partial charge is 0.305 e. The summed E-state index contributed by atoms with van der Waals surface area (Å²) in [6.45, 7) is 8.64. The number of esters is 1. The minimum atomic E-state index is -0.133. The second-order valence-electron chi connectivity index (χ2n) is 5.94. The van der Waals surface area contributed by atoms with Crippen LogP contribution < -0.4 is 10.6 Å². The number of aliphatic imine (C=N–C) groups is 1. The Bertz CT molecular complexity index is 547. The van der Waals surface area contributed by atoms with Crippen molar-refractivity contribution in [2.24, 2.45) is 4.99 Å². The van der Waals surface area contributed by atoms with E-state index in [-0.39, 0.29) is 29.9 Å². The monoisotopic (exact) mass is 461 g/mol. The number of methoxy groups -OCH3 is 1. The van der Waals surface area contributed by atoms with Gasteiger partial charge in [-0.3, -0.25) is 4.79 Å². The molecule has 0 radical (unpaired) electrons. The number of ether oxygens (including phenoxy) is 1. The number of aryl methyl sites for hydroxylation is 2. The van der Waals surface area contributed by atoms with Gasteiger partial charge in [-0.15, -0.1) is 24.0 Å². The van der Waals surface area contributed by atoms with Crippen LogP contribution in [-0.4, -0.2) is 32.1 Å². The van der Waals surface area contributed by atoms with E-state index in [9.17, 15) is 4.79 Å². The molecule has 0 saturated heterocycles. The Morgan fingerprint density at radius 3 is 2.56 bits per heavy atom. The topological polar surface area (TPSA) is 62.7 Å². The highest BCUT2D eigenvalue weighted by molar-refractivity contribution is 14.0. The number of carbonyl (C=O) groups is 1. The second kappa shape index (κ2) is 13.9. The molecule has 0 fully saturated rings. The average Bonchev–Trinajstić information content (AvgIpc) is 2.56. The SMILES string of the molecule is CCNC(=NCc1ccc(C)cc1C)NCCCCCC(=O)OC.I. The van der Waals surface area contributed by atoms with E-state index >= 15 is 0 Å². The third-order valence-corrected chi connectivity index (χ3v) is 3.83. The predicted molar refractivity (Wildman–Crippen MR) is 115 cm³/mol. The van der Waals surface area contributed by atoms with Gasteiger partial charge in [-0.25, -0.2) is 4.99 Å². The van der Waals surface area contributed by atoms with Crippen LogP contribution in [0.15, 0.2) is 23.2 Å². The first-order valence-electron chi connectivity index (χ1n) is 8.72. The molecule has 25 heavy (non-hydrogen) atoms. The molecule has 0 aromatic heterocycles. The summed E-state index contributed by atoms with van der Waals surface area (Å²) in [4.78, 5) is 15.7. The Balaban J connectivity index is 0.00000576. The number of carbonyl (C=O) groups excluding carboxylic acids is 1. The van der Waals surface area contributed by atoms with E-state index in [0.717, 1.165) is 38.3 Å². The molecule has 0 saturated carbocycles. The molecule has 0 unspecified atom stereocenters. The Labute approximate surface area is 169 Å². The highest BCUT2D eigenvalue weighted by Crippen LogP contribution is 2.11. The Morgan fingerprint density at radius 2 is 1.92 bits per heavy atom. The molecular weight excluding hydrogens is 429 g/mol. The van der Waals surface area contributed by atoms with E-state index in [1.165, 1.54) is 23.8 Å². The number of halogens is 1. The average molecular weight is 461 g/mol. The molecule has 0 aliphatic heterocycles. The number of hydrogen-bond donors (Lipinski definition) is 2. The van der Waals surface area contributed by atoms with Gasteiger partial charge in [0.05, 0.1) is 13.7 Å². The highest BCUT2D eigenvalue weighted by Gasteiger charge is 2.02. The molecule has 0 bridgehead atoms. The first-order valence-corrected chi connectivity index (χ1v) is 8.72. The van der Waals surface area contributed by atoms with Crippen LogP contribution in [0, 0.1) is 13.8 Å². The van der Waals surface area contributed by atoms with Crippen molar-refractivity contribution in [2.45, 2.75) is 53.0 Å². The van der Waals surface area contributed by atoms with Crippen LogP contribution in [0.2, 0.25) is 0 Å². The summed E-state index contributed by atoms with van der Waals surface area (Å²) in [5.74, 6) is 0.705. The number of nitrogens with one attached hydrogen (secondary N) is 2. The maximum Gasteiger partial charge on any atom is 0.305 e. The van der Waals surface area contributed by atoms with Gasteiger partial charge in [0.25, 0.3) is 0 Å². The lowest BCUT2D eigenvalue weighted by Crippen LogP contribution is -2.37. The van der Waals surface area contributed by atoms with Crippen molar-refractivity contribution in [1.29, 1.82) is 0 Å². The molecule has 5 nitrogen and oxygen atoms in total. The minimum Gasteiger partial charge on any atom is -0.469 e. The molecular formula is C19H32IN3O2. The normalized spacial score (nSPS) is 10.8. The van der Waals surface area contributed by atoms with Crippen molar-refractivity contribution in [3.63, 3.8) is 0 Å². The zero-order valence-electron chi connectivity index (χ0n) is 15.9. The number of unbranched alkanes of at least 4 members (excludes halogenated alkanes) is 2. The molecule has 0 spiro atoms. The zero-order valence-corrected chi connectivity index (χ0v) is 18.2. The summed E-state index contributed by atoms with van der Waals surface area (Å²) in [6.07, 6.45) is 3.37. The summed E-state index contributed by atoms with van der Waals surface area (Å²) in [5.41, 5.74) is 3.80. The molecule has 0 atom stereocenters. The van der Waals surface area contributed by atoms with Crippen molar-refractivity contribution in [3.05, 3.63) is 34.9 Å². The van der Waals surface area contributed by atoms with E-state index in [1.807, 2.05) is 0 Å². The molecule has 1 aromatic rings. The lowest BCUT2D eigenvalue weighted by atomic mass is 10.1. The number of rotatable bonds is 9. The van der Waals surface area contributed by atoms with Gasteiger partial charge in [0, 0.05) is 19.5 Å². The molecule has 1 rings (SSSR count). The quantitative estimate of drug-likeness (QED) is 0.194. The van der Waals surface area contributed by atoms with Crippen LogP contribution in [0.3, 0.4) is 0 Å². The van der Waals surface area contributed by atoms with Crippen molar-refractivity contribution < 1.29 is 9.53 Å². The van der Waals surface area contributed by atoms with Crippen molar-refractivity contribution in [1.82, 2.24) is 10.6 Å². The molecule has 0 aliphatic rings. The van der Waals surface area contributed by atoms with Gasteiger partial charge in [-0.2, -0.15) is 0 Å². The van der Waals surface area contributed by atoms with Crippen LogP contribution in [0.4, 0.5) is 0 Å². The fraction of sp³-hybridized carbons (Fsp3) is 0.579. The van der Waals surface area contributed by atoms with Gasteiger partial charge >= 0.3 is 5.97 Å². The first-order chi connectivity index (χ1) is 11.6. The van der Waals surface area contributed by atoms with Crippen LogP contribution in [-0.2, 0) is 16.1 Å². The van der Waals surface area contributed by atoms with Gasteiger partial charge in [0.2, 0.25) is 0 Å². The van der Waals surface area contributed by atoms with Crippen LogP contribution in [0.5, 0.6) is 0 Å². The van der Waals surface area contributed by atoms with Crippen LogP contribution in [0.25, 0.3) is 0 Å². The molecule has 6 heteroatoms. The predicted octanol–water partition coefficient (Wildman–Crippen LogP) is 3.71. The summed E-state index contributed by atoms with van der Waals surface area (Å²) in [6, 6.07) is 6.45. The molecule has 0 amide bonds. The highest BCUT2D eigenvalue weighted by atomic mass is 127. The zero-order chi connectivity index (χ0) is 17.8. The lowest BCUT2D eigenvalue weighted by molar-refractivity contribution is -0.140. The Morgan fingerprint density at radius 1 is 1.16 bits per heavy atom. The summed E-state index contributed by atoms with van der Waals surface area (Å²) < 4.78 is 4.63. The third kappa shape index (κ3) is 10.3. The molecule has 142 valence electrons. The third-order valence-electron chi connectivity index (χ3n) is 3.83. The number of hydrogen-bond acceptors (Lipinski definition) is 3. The molecule has 1 aromatic carbocycles. The van der Waals surface area contributed by atoms with Gasteiger partial charge in [-0.05, 0) is 44.7 Å². The van der Waals surface area contributed by atoms with Crippen molar-refractivity contribution in [3.8, 4) is 0 Å². The number of benzene rings is 1. The van der Waals surface area contributed by atoms with E-state index in [1.54, 1.807) is 0 Å². The Kier molecular flexibility index (Phi) is 13.2. The number of guanidine groups is 1. The summed E-state index contributed by atoms with van der Waals surface area (Å²) in [7, 11) is 1.43. The van der Waals surface area contributed by atoms with Crippen LogP contribution in [0.1, 0.15) is 49.3 Å². The fourth-order valence-corrected chi connectivity index (χ4v) is 2.41. The maximum absolute atomic E-state index is 11.0. The van der Waals surface area contributed by atoms with E-state index in [4.69, 9.17) is 0 Å². The maximum atomic E-state index is 11.0. The summed E-state index contributed by atoms with van der Waals surface area (Å²) >= 11 is 0. The second-order valence-corrected chi connectivity index (χ2v) is 5.94. The first kappa shape index (κ1) is 23.7. The van der Waals surface area contributed by atoms with Gasteiger partial charge in [0.1, 0.15) is 0 Å². The van der Waals surface area contributed by atoms with Gasteiger partial charge in [0.15, 0.2) is 5.96 Å². The van der Waals surface area contributed by atoms with E-state index in [0.29, 0.717) is 13.0 Å². The Hall–Kier alpha value is -1.31. The van der Waals surface area contributed by atoms with Crippen LogP contribution >= 0.6 is 24.0 Å². The minimum absolute atomic E-state index is 0. The largest absolute Gasteiger partial charge is 0.469 e. The fourth-order valence-electron chi connectivity index (χ4n) is 2.41. The van der Waals surface area contributed by atoms with E-state index < -0.39 is 0 Å². The molecule has 0 heterocycles. The van der Waals surface area contributed by atoms with E-state index in [2.05, 4.69) is 59.3 Å². The summed E-state index contributed by atoms with van der Waals surface area (Å²) in [5, 5.41) is 6.61. The molecule has 0 aliphatic carbocycles. The van der Waals surface area contributed by atoms with Gasteiger partial charge in [-0.1, -0.05) is 30.2 Å². The van der Waals surface area contributed by atoms with Gasteiger partial charge < -0.3 is 15.4 Å². The standard InChI is InChI=1S/C19H31N3O2.HI/c1-5-20-19(21-12-8-6-7-9-18(23)24-4)22-14-17-11-10-15(2)13-16(17)3;/h10-11,13H,5-9,12,14H2,1-4H3,(H2,20,21,22);1H. The number of nitrogens with zero attached hydrogens (tertiary/aromatic N) is 1. The lowest BCUT2D eigenvalue weighted by Gasteiger charge is -2.12. The van der Waals surface area contributed by atoms with Crippen molar-refractivity contribution in [2.75, 3.05) is 20.2 Å². The van der Waals surface area contributed by atoms with Crippen molar-refractivity contribution >= 4 is 35.9 Å².